The van der Waals surface area contributed by atoms with Gasteiger partial charge in [-0.2, -0.15) is 12.6 Å². The average molecular weight is 193 g/mol. The Bertz CT molecular complexity index is 352. The zero-order valence-corrected chi connectivity index (χ0v) is 8.01. The number of phenols is 1. The standard InChI is InChI=1S/C10H11NOS/c11-9-7-8(3-1-2-6-13)4-5-10(9)12/h4-5,7,12-13H,2,6,11H2. The molecule has 3 N–H and O–H groups in total. The number of rotatable bonds is 1. The molecule has 0 unspecified atom stereocenters. The lowest BCUT2D eigenvalue weighted by atomic mass is 10.2. The molecule has 0 radical (unpaired) electrons. The van der Waals surface area contributed by atoms with E-state index in [2.05, 4.69) is 24.5 Å². The molecule has 0 fully saturated rings. The molecule has 0 aromatic heterocycles. The zero-order valence-electron chi connectivity index (χ0n) is 7.12. The van der Waals surface area contributed by atoms with E-state index in [1.165, 1.54) is 0 Å². The van der Waals surface area contributed by atoms with Crippen LogP contribution in [0.1, 0.15) is 12.0 Å². The Morgan fingerprint density at radius 1 is 1.46 bits per heavy atom. The van der Waals surface area contributed by atoms with Gasteiger partial charge in [0.15, 0.2) is 0 Å². The fraction of sp³-hybridized carbons (Fsp3) is 0.200. The maximum absolute atomic E-state index is 9.13. The van der Waals surface area contributed by atoms with Crippen molar-refractivity contribution < 1.29 is 5.11 Å². The van der Waals surface area contributed by atoms with Crippen molar-refractivity contribution in [3.8, 4) is 17.6 Å². The minimum absolute atomic E-state index is 0.0970. The third-order valence-electron chi connectivity index (χ3n) is 1.50. The quantitative estimate of drug-likeness (QED) is 0.275. The fourth-order valence-corrected chi connectivity index (χ4v) is 0.965. The largest absolute Gasteiger partial charge is 0.506 e. The van der Waals surface area contributed by atoms with E-state index in [1.54, 1.807) is 18.2 Å². The van der Waals surface area contributed by atoms with Crippen LogP contribution in [0.4, 0.5) is 5.69 Å². The molecule has 0 atom stereocenters. The van der Waals surface area contributed by atoms with Gasteiger partial charge < -0.3 is 10.8 Å². The van der Waals surface area contributed by atoms with Gasteiger partial charge in [-0.05, 0) is 18.2 Å². The van der Waals surface area contributed by atoms with Gasteiger partial charge in [0.2, 0.25) is 0 Å². The smallest absolute Gasteiger partial charge is 0.138 e. The Balaban J connectivity index is 2.81. The molecule has 0 saturated carbocycles. The highest BCUT2D eigenvalue weighted by Crippen LogP contribution is 2.19. The van der Waals surface area contributed by atoms with Gasteiger partial charge in [0.25, 0.3) is 0 Å². The van der Waals surface area contributed by atoms with Gasteiger partial charge in [-0.1, -0.05) is 11.8 Å². The molecule has 0 saturated heterocycles. The summed E-state index contributed by atoms with van der Waals surface area (Å²) >= 11 is 4.04. The normalized spacial score (nSPS) is 9.00. The molecule has 68 valence electrons. The number of thiol groups is 1. The third-order valence-corrected chi connectivity index (χ3v) is 1.72. The predicted molar refractivity (Wildman–Crippen MR) is 57.9 cm³/mol. The van der Waals surface area contributed by atoms with Crippen LogP contribution in [-0.4, -0.2) is 10.9 Å². The zero-order chi connectivity index (χ0) is 9.68. The van der Waals surface area contributed by atoms with E-state index in [0.717, 1.165) is 17.7 Å². The van der Waals surface area contributed by atoms with Crippen molar-refractivity contribution in [2.45, 2.75) is 6.42 Å². The molecule has 0 spiro atoms. The summed E-state index contributed by atoms with van der Waals surface area (Å²) in [7, 11) is 0. The number of benzene rings is 1. The molecule has 0 amide bonds. The topological polar surface area (TPSA) is 46.2 Å². The van der Waals surface area contributed by atoms with Crippen molar-refractivity contribution in [2.24, 2.45) is 0 Å². The molecule has 0 aliphatic heterocycles. The van der Waals surface area contributed by atoms with Crippen LogP contribution in [0.2, 0.25) is 0 Å². The van der Waals surface area contributed by atoms with E-state index in [9.17, 15) is 0 Å². The molecule has 2 nitrogen and oxygen atoms in total. The second kappa shape index (κ2) is 4.68. The Hall–Kier alpha value is -1.27. The Labute approximate surface area is 83.2 Å². The van der Waals surface area contributed by atoms with Gasteiger partial charge in [0.05, 0.1) is 5.69 Å². The summed E-state index contributed by atoms with van der Waals surface area (Å²) in [4.78, 5) is 0. The number of hydrogen-bond donors (Lipinski definition) is 3. The summed E-state index contributed by atoms with van der Waals surface area (Å²) in [5, 5.41) is 9.13. The maximum atomic E-state index is 9.13. The van der Waals surface area contributed by atoms with Crippen LogP contribution in [0, 0.1) is 11.8 Å². The lowest BCUT2D eigenvalue weighted by molar-refractivity contribution is 0.478. The molecule has 3 heteroatoms. The lowest BCUT2D eigenvalue weighted by Crippen LogP contribution is -1.86. The highest BCUT2D eigenvalue weighted by Gasteiger charge is 1.95. The molecule has 0 bridgehead atoms. The summed E-state index contributed by atoms with van der Waals surface area (Å²) in [5.74, 6) is 6.71. The highest BCUT2D eigenvalue weighted by atomic mass is 32.1. The maximum Gasteiger partial charge on any atom is 0.138 e. The van der Waals surface area contributed by atoms with Crippen molar-refractivity contribution in [2.75, 3.05) is 11.5 Å². The van der Waals surface area contributed by atoms with Crippen LogP contribution in [0.5, 0.6) is 5.75 Å². The monoisotopic (exact) mass is 193 g/mol. The summed E-state index contributed by atoms with van der Waals surface area (Å²) < 4.78 is 0. The Morgan fingerprint density at radius 3 is 2.85 bits per heavy atom. The summed E-state index contributed by atoms with van der Waals surface area (Å²) in [6, 6.07) is 4.93. The molecular formula is C10H11NOS. The van der Waals surface area contributed by atoms with Crippen molar-refractivity contribution >= 4 is 18.3 Å². The first-order chi connectivity index (χ1) is 6.24. The van der Waals surface area contributed by atoms with E-state index >= 15 is 0 Å². The third kappa shape index (κ3) is 2.92. The molecule has 1 aromatic carbocycles. The average Bonchev–Trinajstić information content (AvgIpc) is 2.12. The summed E-state index contributed by atoms with van der Waals surface area (Å²) in [6.45, 7) is 0. The van der Waals surface area contributed by atoms with E-state index in [0.29, 0.717) is 5.69 Å². The van der Waals surface area contributed by atoms with Crippen molar-refractivity contribution in [3.63, 3.8) is 0 Å². The summed E-state index contributed by atoms with van der Waals surface area (Å²) in [5.41, 5.74) is 6.67. The number of phenolic OH excluding ortho intramolecular Hbond substituents is 1. The van der Waals surface area contributed by atoms with Crippen LogP contribution < -0.4 is 5.73 Å². The van der Waals surface area contributed by atoms with Crippen molar-refractivity contribution in [1.29, 1.82) is 0 Å². The number of nitrogen functional groups attached to an aromatic ring is 1. The Morgan fingerprint density at radius 2 is 2.23 bits per heavy atom. The van der Waals surface area contributed by atoms with Crippen LogP contribution in [-0.2, 0) is 0 Å². The lowest BCUT2D eigenvalue weighted by Gasteiger charge is -1.97. The number of nitrogens with two attached hydrogens (primary N) is 1. The summed E-state index contributed by atoms with van der Waals surface area (Å²) in [6.07, 6.45) is 0.754. The molecular weight excluding hydrogens is 182 g/mol. The van der Waals surface area contributed by atoms with Crippen LogP contribution >= 0.6 is 12.6 Å². The van der Waals surface area contributed by atoms with Crippen LogP contribution in [0.3, 0.4) is 0 Å². The first-order valence-corrected chi connectivity index (χ1v) is 4.55. The number of aromatic hydroxyl groups is 1. The SMILES string of the molecule is Nc1cc(C#CCCS)ccc1O. The second-order valence-electron chi connectivity index (χ2n) is 2.55. The van der Waals surface area contributed by atoms with Gasteiger partial charge in [-0.15, -0.1) is 0 Å². The van der Waals surface area contributed by atoms with Gasteiger partial charge in [-0.25, -0.2) is 0 Å². The van der Waals surface area contributed by atoms with E-state index in [1.807, 2.05) is 0 Å². The first kappa shape index (κ1) is 9.82. The van der Waals surface area contributed by atoms with E-state index in [4.69, 9.17) is 10.8 Å². The fourth-order valence-electron chi connectivity index (χ4n) is 0.853. The van der Waals surface area contributed by atoms with E-state index < -0.39 is 0 Å². The van der Waals surface area contributed by atoms with Crippen molar-refractivity contribution in [1.82, 2.24) is 0 Å². The number of hydrogen-bond acceptors (Lipinski definition) is 3. The number of anilines is 1. The highest BCUT2D eigenvalue weighted by molar-refractivity contribution is 7.80. The van der Waals surface area contributed by atoms with Crippen LogP contribution in [0.15, 0.2) is 18.2 Å². The minimum atomic E-state index is 0.0970. The van der Waals surface area contributed by atoms with E-state index in [-0.39, 0.29) is 5.75 Å². The first-order valence-electron chi connectivity index (χ1n) is 3.92. The van der Waals surface area contributed by atoms with Crippen LogP contribution in [0.25, 0.3) is 0 Å². The molecule has 1 aromatic rings. The van der Waals surface area contributed by atoms with Gasteiger partial charge in [0.1, 0.15) is 5.75 Å². The molecule has 13 heavy (non-hydrogen) atoms. The van der Waals surface area contributed by atoms with Gasteiger partial charge >= 0.3 is 0 Å². The minimum Gasteiger partial charge on any atom is -0.506 e. The Kier molecular flexibility index (Phi) is 3.53. The predicted octanol–water partition coefficient (Wildman–Crippen LogP) is 1.65. The second-order valence-corrected chi connectivity index (χ2v) is 3.00. The molecule has 0 heterocycles. The molecule has 0 aliphatic carbocycles. The molecule has 1 rings (SSSR count). The van der Waals surface area contributed by atoms with Crippen molar-refractivity contribution in [3.05, 3.63) is 23.8 Å². The molecule has 0 aliphatic rings. The van der Waals surface area contributed by atoms with Gasteiger partial charge in [0, 0.05) is 17.7 Å². The van der Waals surface area contributed by atoms with Gasteiger partial charge in [-0.3, -0.25) is 0 Å².